The molecule has 6 nitrogen and oxygen atoms in total. The van der Waals surface area contributed by atoms with Crippen LogP contribution in [-0.4, -0.2) is 40.3 Å². The molecule has 7 heteroatoms. The van der Waals surface area contributed by atoms with Gasteiger partial charge in [0.25, 0.3) is 0 Å². The van der Waals surface area contributed by atoms with E-state index in [0.29, 0.717) is 11.4 Å². The molecule has 0 aliphatic heterocycles. The predicted molar refractivity (Wildman–Crippen MR) is 87.6 cm³/mol. The third-order valence-electron chi connectivity index (χ3n) is 3.43. The van der Waals surface area contributed by atoms with Crippen molar-refractivity contribution in [1.82, 2.24) is 5.32 Å². The van der Waals surface area contributed by atoms with Gasteiger partial charge in [-0.1, -0.05) is 26.0 Å². The molecule has 0 unspecified atom stereocenters. The number of nitrogens with zero attached hydrogens (tertiary/aromatic N) is 1. The van der Waals surface area contributed by atoms with Crippen molar-refractivity contribution in [3.05, 3.63) is 24.3 Å². The van der Waals surface area contributed by atoms with Gasteiger partial charge < -0.3 is 10.1 Å². The Kier molecular flexibility index (Phi) is 6.22. The van der Waals surface area contributed by atoms with E-state index in [9.17, 15) is 13.2 Å². The van der Waals surface area contributed by atoms with Crippen molar-refractivity contribution in [3.8, 4) is 5.75 Å². The van der Waals surface area contributed by atoms with E-state index in [0.717, 1.165) is 10.6 Å². The molecule has 1 aromatic carbocycles. The van der Waals surface area contributed by atoms with Crippen molar-refractivity contribution in [1.29, 1.82) is 0 Å². The summed E-state index contributed by atoms with van der Waals surface area (Å²) in [4.78, 5) is 12.1. The predicted octanol–water partition coefficient (Wildman–Crippen LogP) is 1.62. The van der Waals surface area contributed by atoms with Crippen LogP contribution in [0.5, 0.6) is 5.75 Å². The first kappa shape index (κ1) is 18.3. The fraction of sp³-hybridized carbons (Fsp3) is 0.533. The molecule has 0 radical (unpaired) electrons. The molecule has 1 amide bonds. The summed E-state index contributed by atoms with van der Waals surface area (Å²) in [5, 5.41) is 2.80. The second-order valence-corrected chi connectivity index (χ2v) is 7.45. The average molecular weight is 328 g/mol. The van der Waals surface area contributed by atoms with E-state index in [1.54, 1.807) is 24.3 Å². The van der Waals surface area contributed by atoms with E-state index >= 15 is 0 Å². The van der Waals surface area contributed by atoms with Gasteiger partial charge in [-0.3, -0.25) is 9.10 Å². The van der Waals surface area contributed by atoms with E-state index in [4.69, 9.17) is 4.74 Å². The highest BCUT2D eigenvalue weighted by atomic mass is 32.2. The summed E-state index contributed by atoms with van der Waals surface area (Å²) < 4.78 is 30.3. The number of rotatable bonds is 7. The molecule has 1 rings (SSSR count). The maximum Gasteiger partial charge on any atom is 0.240 e. The number of carbonyl (C=O) groups excluding carboxylic acids is 1. The second kappa shape index (κ2) is 7.49. The van der Waals surface area contributed by atoms with Crippen LogP contribution in [0.4, 0.5) is 5.69 Å². The lowest BCUT2D eigenvalue weighted by atomic mass is 10.1. The largest absolute Gasteiger partial charge is 0.495 e. The van der Waals surface area contributed by atoms with E-state index in [1.165, 1.54) is 7.11 Å². The van der Waals surface area contributed by atoms with Crippen LogP contribution in [0.3, 0.4) is 0 Å². The van der Waals surface area contributed by atoms with Crippen LogP contribution in [0.1, 0.15) is 20.8 Å². The number of hydrogen-bond donors (Lipinski definition) is 1. The van der Waals surface area contributed by atoms with E-state index in [1.807, 2.05) is 20.8 Å². The van der Waals surface area contributed by atoms with Gasteiger partial charge in [-0.25, -0.2) is 8.42 Å². The molecule has 0 aliphatic carbocycles. The molecule has 1 aromatic rings. The number of methoxy groups -OCH3 is 1. The highest BCUT2D eigenvalue weighted by molar-refractivity contribution is 7.92. The van der Waals surface area contributed by atoms with Gasteiger partial charge in [0.15, 0.2) is 0 Å². The number of hydrogen-bond acceptors (Lipinski definition) is 4. The number of para-hydroxylation sites is 2. The van der Waals surface area contributed by atoms with Gasteiger partial charge in [-0.15, -0.1) is 0 Å². The normalized spacial score (nSPS) is 12.8. The highest BCUT2D eigenvalue weighted by Gasteiger charge is 2.24. The fourth-order valence-corrected chi connectivity index (χ4v) is 2.67. The van der Waals surface area contributed by atoms with Crippen molar-refractivity contribution in [2.45, 2.75) is 26.8 Å². The molecule has 0 bridgehead atoms. The fourth-order valence-electron chi connectivity index (χ4n) is 1.81. The Morgan fingerprint density at radius 2 is 1.86 bits per heavy atom. The van der Waals surface area contributed by atoms with Crippen molar-refractivity contribution < 1.29 is 17.9 Å². The summed E-state index contributed by atoms with van der Waals surface area (Å²) in [5.41, 5.74) is 0.347. The van der Waals surface area contributed by atoms with Crippen LogP contribution >= 0.6 is 0 Å². The Bertz CT molecular complexity index is 614. The first-order chi connectivity index (χ1) is 10.2. The monoisotopic (exact) mass is 328 g/mol. The summed E-state index contributed by atoms with van der Waals surface area (Å²) in [5.74, 6) is 0.317. The SMILES string of the molecule is COc1ccccc1N(CC(=O)N[C@@H](C)C(C)C)S(C)(=O)=O. The number of ether oxygens (including phenoxy) is 1. The smallest absolute Gasteiger partial charge is 0.240 e. The number of carbonyl (C=O) groups is 1. The molecule has 22 heavy (non-hydrogen) atoms. The first-order valence-electron chi connectivity index (χ1n) is 7.07. The van der Waals surface area contributed by atoms with Crippen LogP contribution in [0.25, 0.3) is 0 Å². The number of amides is 1. The minimum atomic E-state index is -3.61. The summed E-state index contributed by atoms with van der Waals surface area (Å²) in [6, 6.07) is 6.67. The summed E-state index contributed by atoms with van der Waals surface area (Å²) in [7, 11) is -2.15. The quantitative estimate of drug-likeness (QED) is 0.825. The molecule has 1 N–H and O–H groups in total. The van der Waals surface area contributed by atoms with Gasteiger partial charge in [0, 0.05) is 6.04 Å². The number of benzene rings is 1. The van der Waals surface area contributed by atoms with Crippen LogP contribution in [0.15, 0.2) is 24.3 Å². The molecule has 0 fully saturated rings. The summed E-state index contributed by atoms with van der Waals surface area (Å²) in [6.45, 7) is 5.58. The van der Waals surface area contributed by atoms with Crippen molar-refractivity contribution in [2.75, 3.05) is 24.2 Å². The standard InChI is InChI=1S/C15H24N2O4S/c1-11(2)12(3)16-15(18)10-17(22(5,19)20)13-8-6-7-9-14(13)21-4/h6-9,11-12H,10H2,1-5H3,(H,16,18)/t12-/m0/s1. The molecular weight excluding hydrogens is 304 g/mol. The van der Waals surface area contributed by atoms with Crippen LogP contribution < -0.4 is 14.4 Å². The first-order valence-corrected chi connectivity index (χ1v) is 8.91. The molecule has 0 aromatic heterocycles. The Balaban J connectivity index is 3.04. The third-order valence-corrected chi connectivity index (χ3v) is 4.56. The molecule has 124 valence electrons. The average Bonchev–Trinajstić information content (AvgIpc) is 2.43. The van der Waals surface area contributed by atoms with E-state index in [2.05, 4.69) is 5.32 Å². The minimum Gasteiger partial charge on any atom is -0.495 e. The molecular formula is C15H24N2O4S. The van der Waals surface area contributed by atoms with E-state index < -0.39 is 10.0 Å². The Hall–Kier alpha value is -1.76. The second-order valence-electron chi connectivity index (χ2n) is 5.54. The summed E-state index contributed by atoms with van der Waals surface area (Å²) >= 11 is 0. The molecule has 0 spiro atoms. The van der Waals surface area contributed by atoms with Crippen molar-refractivity contribution in [3.63, 3.8) is 0 Å². The Morgan fingerprint density at radius 3 is 2.36 bits per heavy atom. The Labute approximate surface area is 132 Å². The van der Waals surface area contributed by atoms with Crippen LogP contribution in [0.2, 0.25) is 0 Å². The minimum absolute atomic E-state index is 0.0356. The van der Waals surface area contributed by atoms with Crippen molar-refractivity contribution in [2.24, 2.45) is 5.92 Å². The highest BCUT2D eigenvalue weighted by Crippen LogP contribution is 2.29. The molecule has 0 saturated heterocycles. The maximum atomic E-state index is 12.1. The van der Waals surface area contributed by atoms with Gasteiger partial charge in [-0.05, 0) is 25.0 Å². The topological polar surface area (TPSA) is 75.7 Å². The molecule has 0 aliphatic rings. The van der Waals surface area contributed by atoms with Gasteiger partial charge in [-0.2, -0.15) is 0 Å². The lowest BCUT2D eigenvalue weighted by molar-refractivity contribution is -0.120. The van der Waals surface area contributed by atoms with E-state index in [-0.39, 0.29) is 24.4 Å². The lowest BCUT2D eigenvalue weighted by Crippen LogP contribution is -2.44. The van der Waals surface area contributed by atoms with Crippen LogP contribution in [-0.2, 0) is 14.8 Å². The number of sulfonamides is 1. The van der Waals surface area contributed by atoms with Gasteiger partial charge >= 0.3 is 0 Å². The zero-order valence-electron chi connectivity index (χ0n) is 13.7. The van der Waals surface area contributed by atoms with Gasteiger partial charge in [0.05, 0.1) is 19.1 Å². The zero-order chi connectivity index (χ0) is 16.9. The molecule has 0 saturated carbocycles. The van der Waals surface area contributed by atoms with Gasteiger partial charge in [0.1, 0.15) is 12.3 Å². The number of nitrogens with one attached hydrogen (secondary N) is 1. The molecule has 0 heterocycles. The molecule has 1 atom stereocenters. The maximum absolute atomic E-state index is 12.1. The summed E-state index contributed by atoms with van der Waals surface area (Å²) in [6.07, 6.45) is 1.07. The number of anilines is 1. The van der Waals surface area contributed by atoms with Crippen LogP contribution in [0, 0.1) is 5.92 Å². The van der Waals surface area contributed by atoms with Gasteiger partial charge in [0.2, 0.25) is 15.9 Å². The third kappa shape index (κ3) is 4.91. The zero-order valence-corrected chi connectivity index (χ0v) is 14.5. The lowest BCUT2D eigenvalue weighted by Gasteiger charge is -2.25. The van der Waals surface area contributed by atoms with Crippen molar-refractivity contribution >= 4 is 21.6 Å². The Morgan fingerprint density at radius 1 is 1.27 bits per heavy atom.